The van der Waals surface area contributed by atoms with Crippen LogP contribution in [0.5, 0.6) is 0 Å². The molecule has 0 bridgehead atoms. The van der Waals surface area contributed by atoms with E-state index in [1.165, 1.54) is 0 Å². The quantitative estimate of drug-likeness (QED) is 0.331. The molecule has 0 unspecified atom stereocenters. The maximum atomic E-state index is 12.4. The Bertz CT molecular complexity index is 1430. The Morgan fingerprint density at radius 2 is 1.42 bits per heavy atom. The number of aromatic nitrogens is 2. The van der Waals surface area contributed by atoms with Crippen LogP contribution in [0.25, 0.3) is 22.2 Å². The van der Waals surface area contributed by atoms with Crippen molar-refractivity contribution in [2.45, 2.75) is 0 Å². The van der Waals surface area contributed by atoms with Crippen molar-refractivity contribution in [2.75, 3.05) is 10.6 Å². The van der Waals surface area contributed by atoms with Crippen LogP contribution in [0.3, 0.4) is 0 Å². The summed E-state index contributed by atoms with van der Waals surface area (Å²) < 4.78 is 0. The number of aromatic amines is 1. The Balaban J connectivity index is 1.31. The van der Waals surface area contributed by atoms with Gasteiger partial charge < -0.3 is 15.6 Å². The number of carbonyl (C=O) groups excluding carboxylic acids is 2. The van der Waals surface area contributed by atoms with E-state index >= 15 is 0 Å². The van der Waals surface area contributed by atoms with E-state index in [0.29, 0.717) is 16.9 Å². The molecule has 33 heavy (non-hydrogen) atoms. The monoisotopic (exact) mass is 432 g/mol. The van der Waals surface area contributed by atoms with Crippen LogP contribution >= 0.6 is 0 Å². The van der Waals surface area contributed by atoms with Crippen LogP contribution < -0.4 is 10.6 Å². The molecule has 0 fully saturated rings. The summed E-state index contributed by atoms with van der Waals surface area (Å²) >= 11 is 0. The van der Waals surface area contributed by atoms with Gasteiger partial charge in [-0.15, -0.1) is 0 Å². The second-order valence-corrected chi connectivity index (χ2v) is 7.55. The minimum Gasteiger partial charge on any atom is -0.355 e. The molecule has 5 aromatic rings. The van der Waals surface area contributed by atoms with Crippen LogP contribution in [0.1, 0.15) is 20.8 Å². The summed E-state index contributed by atoms with van der Waals surface area (Å²) in [4.78, 5) is 32.2. The number of anilines is 2. The number of fused-ring (bicyclic) bond motifs is 1. The number of hydrogen-bond acceptors (Lipinski definition) is 3. The van der Waals surface area contributed by atoms with Crippen LogP contribution in [0.4, 0.5) is 11.4 Å². The lowest BCUT2D eigenvalue weighted by Crippen LogP contribution is -2.13. The van der Waals surface area contributed by atoms with E-state index in [2.05, 4.69) is 20.6 Å². The van der Waals surface area contributed by atoms with Gasteiger partial charge in [0.2, 0.25) is 0 Å². The van der Waals surface area contributed by atoms with Crippen molar-refractivity contribution in [1.82, 2.24) is 9.97 Å². The molecule has 0 aliphatic carbocycles. The molecule has 2 amide bonds. The normalized spacial score (nSPS) is 10.7. The average Bonchev–Trinajstić information content (AvgIpc) is 3.29. The zero-order chi connectivity index (χ0) is 22.6. The second kappa shape index (κ2) is 8.80. The summed E-state index contributed by atoms with van der Waals surface area (Å²) in [6.07, 6.45) is 1.59. The second-order valence-electron chi connectivity index (χ2n) is 7.55. The van der Waals surface area contributed by atoms with Crippen molar-refractivity contribution in [3.63, 3.8) is 0 Å². The number of nitrogens with one attached hydrogen (secondary N) is 3. The third kappa shape index (κ3) is 4.50. The first-order valence-corrected chi connectivity index (χ1v) is 10.5. The van der Waals surface area contributed by atoms with Gasteiger partial charge in [-0.1, -0.05) is 36.4 Å². The number of rotatable bonds is 5. The van der Waals surface area contributed by atoms with Crippen molar-refractivity contribution < 1.29 is 9.59 Å². The molecule has 2 aromatic heterocycles. The largest absolute Gasteiger partial charge is 0.355 e. The molecule has 0 aliphatic rings. The fourth-order valence-corrected chi connectivity index (χ4v) is 3.58. The highest BCUT2D eigenvalue weighted by molar-refractivity contribution is 6.05. The Hall–Kier alpha value is -4.71. The zero-order valence-electron chi connectivity index (χ0n) is 17.6. The Morgan fingerprint density at radius 1 is 0.697 bits per heavy atom. The summed E-state index contributed by atoms with van der Waals surface area (Å²) in [5.74, 6) is -0.395. The van der Waals surface area contributed by atoms with Gasteiger partial charge in [-0.25, -0.2) is 0 Å². The number of benzene rings is 3. The third-order valence-electron chi connectivity index (χ3n) is 5.27. The van der Waals surface area contributed by atoms with Crippen molar-refractivity contribution in [1.29, 1.82) is 0 Å². The molecule has 5 rings (SSSR count). The topological polar surface area (TPSA) is 86.9 Å². The minimum atomic E-state index is -0.251. The number of hydrogen-bond donors (Lipinski definition) is 3. The van der Waals surface area contributed by atoms with Gasteiger partial charge in [0.05, 0.1) is 0 Å². The van der Waals surface area contributed by atoms with Gasteiger partial charge >= 0.3 is 0 Å². The molecule has 0 atom stereocenters. The highest BCUT2D eigenvalue weighted by atomic mass is 16.2. The number of H-pyrrole nitrogens is 1. The van der Waals surface area contributed by atoms with Crippen molar-refractivity contribution in [3.8, 4) is 11.3 Å². The van der Waals surface area contributed by atoms with Gasteiger partial charge in [0, 0.05) is 39.7 Å². The molecule has 0 aliphatic heterocycles. The molecule has 2 heterocycles. The van der Waals surface area contributed by atoms with Crippen molar-refractivity contribution >= 4 is 34.1 Å². The third-order valence-corrected chi connectivity index (χ3v) is 5.27. The van der Waals surface area contributed by atoms with Gasteiger partial charge in [0.25, 0.3) is 11.8 Å². The maximum Gasteiger partial charge on any atom is 0.274 e. The Morgan fingerprint density at radius 3 is 2.18 bits per heavy atom. The number of pyridine rings is 1. The molecule has 0 radical (unpaired) electrons. The molecule has 0 saturated heterocycles. The predicted molar refractivity (Wildman–Crippen MR) is 130 cm³/mol. The van der Waals surface area contributed by atoms with Crippen LogP contribution in [-0.4, -0.2) is 21.8 Å². The SMILES string of the molecule is O=C(Nc1ccc2[nH]c(-c3ccc(NC(=O)c4ccccn4)cc3)cc2c1)c1ccccc1. The molecule has 0 saturated carbocycles. The fourth-order valence-electron chi connectivity index (χ4n) is 3.58. The number of nitrogens with zero attached hydrogens (tertiary/aromatic N) is 1. The first-order valence-electron chi connectivity index (χ1n) is 10.5. The molecule has 6 nitrogen and oxygen atoms in total. The predicted octanol–water partition coefficient (Wildman–Crippen LogP) is 5.73. The molecule has 3 N–H and O–H groups in total. The van der Waals surface area contributed by atoms with Crippen LogP contribution in [-0.2, 0) is 0 Å². The number of amides is 2. The van der Waals surface area contributed by atoms with Gasteiger partial charge in [-0.05, 0) is 66.2 Å². The van der Waals surface area contributed by atoms with Crippen molar-refractivity contribution in [2.24, 2.45) is 0 Å². The van der Waals surface area contributed by atoms with Gasteiger partial charge in [-0.3, -0.25) is 14.6 Å². The average molecular weight is 432 g/mol. The van der Waals surface area contributed by atoms with E-state index in [4.69, 9.17) is 0 Å². The van der Waals surface area contributed by atoms with E-state index in [-0.39, 0.29) is 11.8 Å². The molecular weight excluding hydrogens is 412 g/mol. The van der Waals surface area contributed by atoms with Gasteiger partial charge in [-0.2, -0.15) is 0 Å². The highest BCUT2D eigenvalue weighted by Crippen LogP contribution is 2.27. The van der Waals surface area contributed by atoms with Crippen molar-refractivity contribution in [3.05, 3.63) is 115 Å². The maximum absolute atomic E-state index is 12.4. The van der Waals surface area contributed by atoms with E-state index in [9.17, 15) is 9.59 Å². The van der Waals surface area contributed by atoms with Crippen LogP contribution in [0.2, 0.25) is 0 Å². The molecule has 3 aromatic carbocycles. The summed E-state index contributed by atoms with van der Waals surface area (Å²) in [6, 6.07) is 29.7. The standard InChI is InChI=1S/C27H20N4O2/c32-26(19-6-2-1-3-7-19)30-22-13-14-23-20(16-22)17-25(31-23)18-9-11-21(12-10-18)29-27(33)24-8-4-5-15-28-24/h1-17,31H,(H,29,33)(H,30,32). The first kappa shape index (κ1) is 20.2. The first-order chi connectivity index (χ1) is 16.2. The lowest BCUT2D eigenvalue weighted by atomic mass is 10.1. The fraction of sp³-hybridized carbons (Fsp3) is 0. The van der Waals surface area contributed by atoms with Gasteiger partial charge in [0.15, 0.2) is 0 Å². The van der Waals surface area contributed by atoms with Gasteiger partial charge in [0.1, 0.15) is 5.69 Å². The zero-order valence-corrected chi connectivity index (χ0v) is 17.6. The summed E-state index contributed by atoms with van der Waals surface area (Å²) in [7, 11) is 0. The lowest BCUT2D eigenvalue weighted by Gasteiger charge is -2.05. The smallest absolute Gasteiger partial charge is 0.274 e. The number of carbonyl (C=O) groups is 2. The van der Waals surface area contributed by atoms with Crippen LogP contribution in [0, 0.1) is 0 Å². The van der Waals surface area contributed by atoms with E-state index in [0.717, 1.165) is 27.8 Å². The van der Waals surface area contributed by atoms with E-state index in [1.54, 1.807) is 36.5 Å². The minimum absolute atomic E-state index is 0.144. The van der Waals surface area contributed by atoms with E-state index in [1.807, 2.05) is 66.7 Å². The highest BCUT2D eigenvalue weighted by Gasteiger charge is 2.09. The van der Waals surface area contributed by atoms with E-state index < -0.39 is 0 Å². The summed E-state index contributed by atoms with van der Waals surface area (Å²) in [5.41, 5.74) is 5.30. The summed E-state index contributed by atoms with van der Waals surface area (Å²) in [5, 5.41) is 6.78. The Kier molecular flexibility index (Phi) is 5.39. The molecule has 0 spiro atoms. The molecule has 160 valence electrons. The van der Waals surface area contributed by atoms with Crippen LogP contribution in [0.15, 0.2) is 103 Å². The summed E-state index contributed by atoms with van der Waals surface area (Å²) in [6.45, 7) is 0. The lowest BCUT2D eigenvalue weighted by molar-refractivity contribution is 0.101. The molecular formula is C27H20N4O2. The molecule has 6 heteroatoms. The Labute approximate surface area is 190 Å².